The van der Waals surface area contributed by atoms with Gasteiger partial charge in [-0.05, 0) is 24.6 Å². The molecule has 0 N–H and O–H groups in total. The lowest BCUT2D eigenvalue weighted by molar-refractivity contribution is -0.117. The lowest BCUT2D eigenvalue weighted by atomic mass is 10.0. The molecule has 0 spiro atoms. The average Bonchev–Trinajstić information content (AvgIpc) is 2.10. The summed E-state index contributed by atoms with van der Waals surface area (Å²) < 4.78 is 25.4. The first-order valence-electron chi connectivity index (χ1n) is 4.59. The van der Waals surface area contributed by atoms with Crippen molar-refractivity contribution >= 4 is 5.78 Å². The third-order valence-electron chi connectivity index (χ3n) is 1.88. The van der Waals surface area contributed by atoms with E-state index in [0.29, 0.717) is 5.56 Å². The van der Waals surface area contributed by atoms with Crippen molar-refractivity contribution in [2.24, 2.45) is 0 Å². The SMILES string of the molecule is C=C(C)CC(=O)Cc1ccc(F)c(F)c1. The fourth-order valence-electron chi connectivity index (χ4n) is 1.28. The van der Waals surface area contributed by atoms with Crippen molar-refractivity contribution in [1.82, 2.24) is 0 Å². The average molecular weight is 210 g/mol. The van der Waals surface area contributed by atoms with Gasteiger partial charge in [0.25, 0.3) is 0 Å². The van der Waals surface area contributed by atoms with Crippen LogP contribution in [0.4, 0.5) is 8.78 Å². The maximum absolute atomic E-state index is 12.8. The summed E-state index contributed by atoms with van der Waals surface area (Å²) in [6.45, 7) is 5.37. The molecular formula is C12H12F2O. The number of carbonyl (C=O) groups is 1. The van der Waals surface area contributed by atoms with Gasteiger partial charge in [-0.25, -0.2) is 8.78 Å². The van der Waals surface area contributed by atoms with Crippen molar-refractivity contribution in [3.8, 4) is 0 Å². The molecule has 1 aromatic carbocycles. The Kier molecular flexibility index (Phi) is 3.72. The molecule has 0 aliphatic carbocycles. The Bertz CT molecular complexity index is 397. The summed E-state index contributed by atoms with van der Waals surface area (Å²) in [6, 6.07) is 3.49. The van der Waals surface area contributed by atoms with Crippen LogP contribution in [0.3, 0.4) is 0 Å². The van der Waals surface area contributed by atoms with E-state index in [9.17, 15) is 13.6 Å². The van der Waals surface area contributed by atoms with Gasteiger partial charge in [0, 0.05) is 12.8 Å². The summed E-state index contributed by atoms with van der Waals surface area (Å²) in [5.74, 6) is -1.87. The fraction of sp³-hybridized carbons (Fsp3) is 0.250. The van der Waals surface area contributed by atoms with Gasteiger partial charge in [0.2, 0.25) is 0 Å². The van der Waals surface area contributed by atoms with Gasteiger partial charge in [-0.1, -0.05) is 18.2 Å². The number of allylic oxidation sites excluding steroid dienone is 1. The summed E-state index contributed by atoms with van der Waals surface area (Å²) in [7, 11) is 0. The van der Waals surface area contributed by atoms with Crippen LogP contribution in [0.2, 0.25) is 0 Å². The quantitative estimate of drug-likeness (QED) is 0.698. The molecule has 0 radical (unpaired) electrons. The zero-order valence-electron chi connectivity index (χ0n) is 8.52. The minimum absolute atomic E-state index is 0.0477. The Morgan fingerprint density at radius 3 is 2.53 bits per heavy atom. The number of hydrogen-bond donors (Lipinski definition) is 0. The topological polar surface area (TPSA) is 17.1 Å². The van der Waals surface area contributed by atoms with E-state index >= 15 is 0 Å². The van der Waals surface area contributed by atoms with E-state index in [-0.39, 0.29) is 18.6 Å². The second-order valence-electron chi connectivity index (χ2n) is 3.60. The van der Waals surface area contributed by atoms with Gasteiger partial charge in [-0.3, -0.25) is 4.79 Å². The molecule has 0 heterocycles. The molecule has 1 aromatic rings. The van der Waals surface area contributed by atoms with Gasteiger partial charge in [0.1, 0.15) is 5.78 Å². The standard InChI is InChI=1S/C12H12F2O/c1-8(2)5-10(15)6-9-3-4-11(13)12(14)7-9/h3-4,7H,1,5-6H2,2H3. The third-order valence-corrected chi connectivity index (χ3v) is 1.88. The smallest absolute Gasteiger partial charge is 0.159 e. The molecule has 0 fully saturated rings. The molecule has 80 valence electrons. The molecule has 0 atom stereocenters. The zero-order chi connectivity index (χ0) is 11.4. The van der Waals surface area contributed by atoms with E-state index in [4.69, 9.17) is 0 Å². The van der Waals surface area contributed by atoms with Crippen LogP contribution < -0.4 is 0 Å². The van der Waals surface area contributed by atoms with E-state index in [1.54, 1.807) is 6.92 Å². The minimum Gasteiger partial charge on any atom is -0.299 e. The molecule has 0 aliphatic rings. The summed E-state index contributed by atoms with van der Waals surface area (Å²) in [5.41, 5.74) is 1.25. The largest absolute Gasteiger partial charge is 0.299 e. The first-order valence-corrected chi connectivity index (χ1v) is 4.59. The molecule has 0 bridgehead atoms. The second kappa shape index (κ2) is 4.82. The highest BCUT2D eigenvalue weighted by molar-refractivity contribution is 5.82. The Labute approximate surface area is 87.4 Å². The monoisotopic (exact) mass is 210 g/mol. The van der Waals surface area contributed by atoms with Crippen LogP contribution in [0.1, 0.15) is 18.9 Å². The molecule has 3 heteroatoms. The van der Waals surface area contributed by atoms with E-state index in [2.05, 4.69) is 6.58 Å². The summed E-state index contributed by atoms with van der Waals surface area (Å²) in [4.78, 5) is 11.3. The summed E-state index contributed by atoms with van der Waals surface area (Å²) >= 11 is 0. The van der Waals surface area contributed by atoms with Crippen molar-refractivity contribution in [3.63, 3.8) is 0 Å². The van der Waals surface area contributed by atoms with Crippen molar-refractivity contribution in [1.29, 1.82) is 0 Å². The molecule has 1 rings (SSSR count). The molecule has 0 amide bonds. The maximum Gasteiger partial charge on any atom is 0.159 e. The van der Waals surface area contributed by atoms with Crippen LogP contribution in [0, 0.1) is 11.6 Å². The van der Waals surface area contributed by atoms with Crippen LogP contribution >= 0.6 is 0 Å². The maximum atomic E-state index is 12.8. The molecule has 0 saturated heterocycles. The lowest BCUT2D eigenvalue weighted by Gasteiger charge is -2.01. The van der Waals surface area contributed by atoms with Crippen molar-refractivity contribution in [2.45, 2.75) is 19.8 Å². The molecule has 15 heavy (non-hydrogen) atoms. The van der Waals surface area contributed by atoms with Crippen LogP contribution in [-0.4, -0.2) is 5.78 Å². The van der Waals surface area contributed by atoms with Crippen LogP contribution in [0.15, 0.2) is 30.4 Å². The van der Waals surface area contributed by atoms with Crippen molar-refractivity contribution in [2.75, 3.05) is 0 Å². The summed E-state index contributed by atoms with van der Waals surface area (Å²) in [5, 5.41) is 0. The van der Waals surface area contributed by atoms with E-state index < -0.39 is 11.6 Å². The predicted molar refractivity (Wildman–Crippen MR) is 54.5 cm³/mol. The highest BCUT2D eigenvalue weighted by Gasteiger charge is 2.07. The van der Waals surface area contributed by atoms with Gasteiger partial charge < -0.3 is 0 Å². The molecule has 1 nitrogen and oxygen atoms in total. The van der Waals surface area contributed by atoms with Gasteiger partial charge in [0.05, 0.1) is 0 Å². The molecule has 0 aromatic heterocycles. The fourth-order valence-corrected chi connectivity index (χ4v) is 1.28. The first kappa shape index (κ1) is 11.6. The van der Waals surface area contributed by atoms with E-state index in [0.717, 1.165) is 17.7 Å². The Hall–Kier alpha value is -1.51. The normalized spacial score (nSPS) is 10.1. The van der Waals surface area contributed by atoms with Crippen LogP contribution in [0.5, 0.6) is 0 Å². The lowest BCUT2D eigenvalue weighted by Crippen LogP contribution is -2.03. The third kappa shape index (κ3) is 3.62. The number of carbonyl (C=O) groups excluding carboxylic acids is 1. The number of hydrogen-bond acceptors (Lipinski definition) is 1. The molecular weight excluding hydrogens is 198 g/mol. The van der Waals surface area contributed by atoms with Gasteiger partial charge >= 0.3 is 0 Å². The summed E-state index contributed by atoms with van der Waals surface area (Å²) in [6.07, 6.45) is 0.392. The second-order valence-corrected chi connectivity index (χ2v) is 3.60. The molecule has 0 unspecified atom stereocenters. The zero-order valence-corrected chi connectivity index (χ0v) is 8.52. The number of rotatable bonds is 4. The number of ketones is 1. The van der Waals surface area contributed by atoms with Gasteiger partial charge in [0.15, 0.2) is 11.6 Å². The van der Waals surface area contributed by atoms with E-state index in [1.807, 2.05) is 0 Å². The van der Waals surface area contributed by atoms with Crippen LogP contribution in [0.25, 0.3) is 0 Å². The Balaban J connectivity index is 2.69. The van der Waals surface area contributed by atoms with E-state index in [1.165, 1.54) is 6.07 Å². The van der Waals surface area contributed by atoms with Gasteiger partial charge in [-0.2, -0.15) is 0 Å². The highest BCUT2D eigenvalue weighted by Crippen LogP contribution is 2.11. The predicted octanol–water partition coefficient (Wildman–Crippen LogP) is 3.04. The first-order chi connectivity index (χ1) is 6.99. The van der Waals surface area contributed by atoms with Crippen molar-refractivity contribution < 1.29 is 13.6 Å². The molecule has 0 aliphatic heterocycles. The number of benzene rings is 1. The van der Waals surface area contributed by atoms with Crippen LogP contribution in [-0.2, 0) is 11.2 Å². The van der Waals surface area contributed by atoms with Crippen molar-refractivity contribution in [3.05, 3.63) is 47.5 Å². The minimum atomic E-state index is -0.921. The number of halogens is 2. The Morgan fingerprint density at radius 1 is 1.33 bits per heavy atom. The molecule has 0 saturated carbocycles. The number of Topliss-reactive ketones (excluding diaryl/α,β-unsaturated/α-hetero) is 1. The highest BCUT2D eigenvalue weighted by atomic mass is 19.2. The van der Waals surface area contributed by atoms with Gasteiger partial charge in [-0.15, -0.1) is 0 Å². The Morgan fingerprint density at radius 2 is 2.00 bits per heavy atom.